The molecule has 0 aliphatic heterocycles. The predicted octanol–water partition coefficient (Wildman–Crippen LogP) is -0.0646. The van der Waals surface area contributed by atoms with Gasteiger partial charge in [0.15, 0.2) is 11.7 Å². The maximum absolute atomic E-state index is 12.5. The lowest BCUT2D eigenvalue weighted by Crippen LogP contribution is -2.37. The number of amides is 1. The van der Waals surface area contributed by atoms with Gasteiger partial charge < -0.3 is 21.5 Å². The smallest absolute Gasteiger partial charge is 0.357 e. The zero-order valence-corrected chi connectivity index (χ0v) is 15.5. The van der Waals surface area contributed by atoms with Crippen LogP contribution in [-0.4, -0.2) is 42.9 Å². The zero-order valence-electron chi connectivity index (χ0n) is 13.9. The molecule has 14 heteroatoms. The molecule has 2 aromatic rings. The maximum Gasteiger partial charge on any atom is 0.357 e. The van der Waals surface area contributed by atoms with E-state index in [1.165, 1.54) is 11.6 Å². The molecule has 0 saturated carbocycles. The Morgan fingerprint density at radius 1 is 1.39 bits per heavy atom. The fourth-order valence-electron chi connectivity index (χ4n) is 1.91. The third kappa shape index (κ3) is 4.93. The summed E-state index contributed by atoms with van der Waals surface area (Å²) in [5, 5.41) is 29.7. The number of sulfonamides is 1. The number of hydrogen-bond acceptors (Lipinski definition) is 8. The average molecular weight is 423 g/mol. The van der Waals surface area contributed by atoms with E-state index in [9.17, 15) is 23.3 Å². The van der Waals surface area contributed by atoms with Gasteiger partial charge in [-0.2, -0.15) is 5.26 Å². The fourth-order valence-corrected chi connectivity index (χ4v) is 3.93. The lowest BCUT2D eigenvalue weighted by molar-refractivity contribution is -0.115. The van der Waals surface area contributed by atoms with Crippen LogP contribution < -0.4 is 21.1 Å². The number of aromatic carboxylic acids is 1. The van der Waals surface area contributed by atoms with Crippen molar-refractivity contribution in [2.45, 2.75) is 4.90 Å². The number of carbonyl (C=O) groups is 2. The van der Waals surface area contributed by atoms with Crippen molar-refractivity contribution in [1.29, 1.82) is 10.7 Å². The van der Waals surface area contributed by atoms with E-state index in [2.05, 4.69) is 20.3 Å². The highest BCUT2D eigenvalue weighted by molar-refractivity contribution is 7.93. The molecular formula is C14H13N7O5S2. The fraction of sp³-hybridized carbons (Fsp3) is 0.0714. The molecule has 1 aromatic heterocycles. The van der Waals surface area contributed by atoms with Crippen LogP contribution in [-0.2, 0) is 14.8 Å². The molecular weight excluding hydrogens is 410 g/mol. The van der Waals surface area contributed by atoms with Crippen molar-refractivity contribution in [2.24, 2.45) is 5.73 Å². The van der Waals surface area contributed by atoms with Gasteiger partial charge in [-0.05, 0) is 18.2 Å². The van der Waals surface area contributed by atoms with Gasteiger partial charge in [-0.3, -0.25) is 14.9 Å². The molecule has 1 amide bonds. The molecule has 0 bridgehead atoms. The van der Waals surface area contributed by atoms with Gasteiger partial charge in [0.05, 0.1) is 28.2 Å². The van der Waals surface area contributed by atoms with Gasteiger partial charge in [0.2, 0.25) is 5.91 Å². The normalized spacial score (nSPS) is 10.5. The zero-order chi connectivity index (χ0) is 20.9. The Balaban J connectivity index is 2.25. The number of carbonyl (C=O) groups excluding carboxylic acids is 1. The largest absolute Gasteiger partial charge is 0.476 e. The first-order chi connectivity index (χ1) is 13.1. The van der Waals surface area contributed by atoms with E-state index in [-0.39, 0.29) is 27.7 Å². The Labute approximate surface area is 162 Å². The number of anilines is 2. The van der Waals surface area contributed by atoms with E-state index in [1.54, 1.807) is 6.07 Å². The summed E-state index contributed by atoms with van der Waals surface area (Å²) in [6, 6.07) is 5.14. The number of benzene rings is 1. The Morgan fingerprint density at radius 2 is 2.11 bits per heavy atom. The number of hydrogen-bond donors (Lipinski definition) is 6. The molecule has 1 aromatic carbocycles. The molecule has 0 aliphatic rings. The third-order valence-electron chi connectivity index (χ3n) is 3.13. The van der Waals surface area contributed by atoms with Crippen molar-refractivity contribution < 1.29 is 23.1 Å². The van der Waals surface area contributed by atoms with E-state index in [0.717, 1.165) is 23.5 Å². The number of carboxylic acids is 1. The second-order valence-corrected chi connectivity index (χ2v) is 7.61. The molecule has 7 N–H and O–H groups in total. The molecule has 0 radical (unpaired) electrons. The minimum atomic E-state index is -4.20. The van der Waals surface area contributed by atoms with Crippen molar-refractivity contribution in [3.05, 3.63) is 35.0 Å². The number of nitrogens with zero attached hydrogens (tertiary/aromatic N) is 2. The lowest BCUT2D eigenvalue weighted by Gasteiger charge is -2.11. The molecule has 2 rings (SSSR count). The molecule has 0 saturated heterocycles. The topological polar surface area (TPSA) is 211 Å². The second kappa shape index (κ2) is 8.33. The summed E-state index contributed by atoms with van der Waals surface area (Å²) >= 11 is 0.790. The highest BCUT2D eigenvalue weighted by Crippen LogP contribution is 2.26. The SMILES string of the molecule is N#Cc1cc(S(=O)(=O)Nc2scnc2C(=O)O)ccc1NC(=O)CNC(=N)N. The first-order valence-electron chi connectivity index (χ1n) is 7.25. The molecule has 0 fully saturated rings. The van der Waals surface area contributed by atoms with Crippen LogP contribution in [0.2, 0.25) is 0 Å². The van der Waals surface area contributed by atoms with E-state index < -0.39 is 33.6 Å². The molecule has 28 heavy (non-hydrogen) atoms. The summed E-state index contributed by atoms with van der Waals surface area (Å²) in [6.45, 7) is -0.314. The minimum absolute atomic E-state index is 0.0563. The Bertz CT molecular complexity index is 1090. The molecule has 0 atom stereocenters. The van der Waals surface area contributed by atoms with E-state index in [4.69, 9.17) is 16.2 Å². The van der Waals surface area contributed by atoms with Crippen LogP contribution in [0.3, 0.4) is 0 Å². The first-order valence-corrected chi connectivity index (χ1v) is 9.62. The molecule has 0 unspecified atom stereocenters. The van der Waals surface area contributed by atoms with Crippen molar-refractivity contribution in [2.75, 3.05) is 16.6 Å². The van der Waals surface area contributed by atoms with Crippen molar-refractivity contribution in [3.63, 3.8) is 0 Å². The highest BCUT2D eigenvalue weighted by atomic mass is 32.2. The molecule has 12 nitrogen and oxygen atoms in total. The van der Waals surface area contributed by atoms with Crippen molar-refractivity contribution in [1.82, 2.24) is 10.3 Å². The number of nitrogens with two attached hydrogens (primary N) is 1. The maximum atomic E-state index is 12.5. The van der Waals surface area contributed by atoms with Gasteiger partial charge in [0.25, 0.3) is 10.0 Å². The summed E-state index contributed by atoms with van der Waals surface area (Å²) in [7, 11) is -4.20. The quantitative estimate of drug-likeness (QED) is 0.259. The number of rotatable bonds is 7. The number of aromatic nitrogens is 1. The summed E-state index contributed by atoms with van der Waals surface area (Å²) in [4.78, 5) is 26.1. The van der Waals surface area contributed by atoms with Gasteiger partial charge in [-0.25, -0.2) is 18.2 Å². The van der Waals surface area contributed by atoms with Gasteiger partial charge in [0.1, 0.15) is 11.1 Å². The Hall–Kier alpha value is -3.70. The number of carboxylic acid groups (broad SMARTS) is 1. The summed E-state index contributed by atoms with van der Waals surface area (Å²) in [6.07, 6.45) is 0. The van der Waals surface area contributed by atoms with Crippen LogP contribution in [0.25, 0.3) is 0 Å². The summed E-state index contributed by atoms with van der Waals surface area (Å²) < 4.78 is 27.1. The Kier molecular flexibility index (Phi) is 6.13. The second-order valence-electron chi connectivity index (χ2n) is 5.08. The number of guanidine groups is 1. The monoisotopic (exact) mass is 423 g/mol. The van der Waals surface area contributed by atoms with Crippen LogP contribution >= 0.6 is 11.3 Å². The van der Waals surface area contributed by atoms with E-state index >= 15 is 0 Å². The van der Waals surface area contributed by atoms with Gasteiger partial charge in [-0.1, -0.05) is 0 Å². The summed E-state index contributed by atoms with van der Waals surface area (Å²) in [5.41, 5.74) is 5.72. The molecule has 146 valence electrons. The molecule has 1 heterocycles. The number of thiazole rings is 1. The predicted molar refractivity (Wildman–Crippen MR) is 99.6 cm³/mol. The van der Waals surface area contributed by atoms with Crippen molar-refractivity contribution in [3.8, 4) is 6.07 Å². The number of nitrogens with one attached hydrogen (secondary N) is 4. The highest BCUT2D eigenvalue weighted by Gasteiger charge is 2.22. The molecule has 0 spiro atoms. The van der Waals surface area contributed by atoms with Gasteiger partial charge in [0, 0.05) is 0 Å². The van der Waals surface area contributed by atoms with Crippen LogP contribution in [0.5, 0.6) is 0 Å². The number of nitriles is 1. The Morgan fingerprint density at radius 3 is 2.71 bits per heavy atom. The standard InChI is InChI=1S/C14H13N7O5S2/c15-4-7-3-8(1-2-9(7)20-10(22)5-18-14(16)17)28(25,26)21-12-11(13(23)24)19-6-27-12/h1-3,6,21H,5H2,(H,20,22)(H,23,24)(H4,16,17,18). The summed E-state index contributed by atoms with van der Waals surface area (Å²) in [5.74, 6) is -2.41. The first kappa shape index (κ1) is 20.6. The third-order valence-corrected chi connectivity index (χ3v) is 5.35. The van der Waals surface area contributed by atoms with Gasteiger partial charge in [-0.15, -0.1) is 11.3 Å². The van der Waals surface area contributed by atoms with Crippen LogP contribution in [0, 0.1) is 16.7 Å². The minimum Gasteiger partial charge on any atom is -0.476 e. The van der Waals surface area contributed by atoms with Crippen LogP contribution in [0.4, 0.5) is 10.7 Å². The van der Waals surface area contributed by atoms with E-state index in [0.29, 0.717) is 0 Å². The lowest BCUT2D eigenvalue weighted by atomic mass is 10.2. The van der Waals surface area contributed by atoms with Gasteiger partial charge >= 0.3 is 5.97 Å². The van der Waals surface area contributed by atoms with Crippen LogP contribution in [0.15, 0.2) is 28.6 Å². The average Bonchev–Trinajstić information content (AvgIpc) is 3.07. The van der Waals surface area contributed by atoms with Crippen LogP contribution in [0.1, 0.15) is 16.1 Å². The van der Waals surface area contributed by atoms with E-state index in [1.807, 2.05) is 0 Å². The molecule has 0 aliphatic carbocycles. The van der Waals surface area contributed by atoms with Crippen molar-refractivity contribution >= 4 is 49.9 Å².